The van der Waals surface area contributed by atoms with Gasteiger partial charge in [-0.1, -0.05) is 20.8 Å². The Morgan fingerprint density at radius 1 is 1.21 bits per heavy atom. The Kier molecular flexibility index (Phi) is 5.77. The first-order valence-corrected chi connectivity index (χ1v) is 5.40. The molecule has 3 N–H and O–H groups in total. The minimum atomic E-state index is -0.107. The molecule has 0 heterocycles. The lowest BCUT2D eigenvalue weighted by Crippen LogP contribution is -2.42. The Morgan fingerprint density at radius 3 is 2.07 bits per heavy atom. The van der Waals surface area contributed by atoms with Gasteiger partial charge in [-0.25, -0.2) is 0 Å². The SMILES string of the molecule is CC(C)CC(C)NC(=O)C(C)C(C)N. The molecule has 0 aliphatic heterocycles. The largest absolute Gasteiger partial charge is 0.353 e. The van der Waals surface area contributed by atoms with Crippen molar-refractivity contribution in [2.24, 2.45) is 17.6 Å². The highest BCUT2D eigenvalue weighted by molar-refractivity contribution is 5.79. The molecule has 0 saturated carbocycles. The van der Waals surface area contributed by atoms with Gasteiger partial charge in [0.25, 0.3) is 0 Å². The van der Waals surface area contributed by atoms with Crippen molar-refractivity contribution in [3.63, 3.8) is 0 Å². The number of nitrogens with one attached hydrogen (secondary N) is 1. The Labute approximate surface area is 87.4 Å². The summed E-state index contributed by atoms with van der Waals surface area (Å²) in [5, 5.41) is 2.97. The maximum Gasteiger partial charge on any atom is 0.224 e. The second-order valence-electron chi connectivity index (χ2n) is 4.69. The quantitative estimate of drug-likeness (QED) is 0.707. The van der Waals surface area contributed by atoms with E-state index in [1.54, 1.807) is 0 Å². The fourth-order valence-corrected chi connectivity index (χ4v) is 1.38. The molecule has 1 amide bonds. The third-order valence-corrected chi connectivity index (χ3v) is 2.42. The molecule has 3 heteroatoms. The molecule has 3 atom stereocenters. The Hall–Kier alpha value is -0.570. The highest BCUT2D eigenvalue weighted by atomic mass is 16.1. The van der Waals surface area contributed by atoms with Crippen molar-refractivity contribution in [1.29, 1.82) is 0 Å². The predicted octanol–water partition coefficient (Wildman–Crippen LogP) is 1.52. The second-order valence-corrected chi connectivity index (χ2v) is 4.69. The second kappa shape index (κ2) is 6.02. The molecule has 3 unspecified atom stereocenters. The lowest BCUT2D eigenvalue weighted by atomic mass is 10.0. The maximum absolute atomic E-state index is 11.6. The minimum absolute atomic E-state index is 0.0631. The van der Waals surface area contributed by atoms with Crippen molar-refractivity contribution in [3.8, 4) is 0 Å². The van der Waals surface area contributed by atoms with Crippen LogP contribution in [0.2, 0.25) is 0 Å². The number of hydrogen-bond acceptors (Lipinski definition) is 2. The number of hydrogen-bond donors (Lipinski definition) is 2. The number of nitrogens with two attached hydrogens (primary N) is 1. The topological polar surface area (TPSA) is 55.1 Å². The smallest absolute Gasteiger partial charge is 0.224 e. The van der Waals surface area contributed by atoms with Gasteiger partial charge < -0.3 is 11.1 Å². The van der Waals surface area contributed by atoms with Crippen LogP contribution in [-0.2, 0) is 4.79 Å². The van der Waals surface area contributed by atoms with Gasteiger partial charge in [0.05, 0.1) is 0 Å². The predicted molar refractivity (Wildman–Crippen MR) is 59.9 cm³/mol. The summed E-state index contributed by atoms with van der Waals surface area (Å²) in [6.07, 6.45) is 1.01. The number of carbonyl (C=O) groups excluding carboxylic acids is 1. The summed E-state index contributed by atoms with van der Waals surface area (Å²) in [4.78, 5) is 11.6. The standard InChI is InChI=1S/C11H24N2O/c1-7(2)6-8(3)13-11(14)9(4)10(5)12/h7-10H,6,12H2,1-5H3,(H,13,14). The summed E-state index contributed by atoms with van der Waals surface area (Å²) in [7, 11) is 0. The highest BCUT2D eigenvalue weighted by Gasteiger charge is 2.18. The van der Waals surface area contributed by atoms with Crippen molar-refractivity contribution in [2.45, 2.75) is 53.1 Å². The minimum Gasteiger partial charge on any atom is -0.353 e. The fraction of sp³-hybridized carbons (Fsp3) is 0.909. The normalized spacial score (nSPS) is 17.6. The van der Waals surface area contributed by atoms with Crippen LogP contribution >= 0.6 is 0 Å². The maximum atomic E-state index is 11.6. The summed E-state index contributed by atoms with van der Waals surface area (Å²) in [5.41, 5.74) is 5.65. The fourth-order valence-electron chi connectivity index (χ4n) is 1.38. The molecule has 0 aliphatic carbocycles. The van der Waals surface area contributed by atoms with Crippen LogP contribution in [-0.4, -0.2) is 18.0 Å². The molecule has 0 aromatic heterocycles. The van der Waals surface area contributed by atoms with Crippen molar-refractivity contribution >= 4 is 5.91 Å². The molecule has 14 heavy (non-hydrogen) atoms. The first-order valence-electron chi connectivity index (χ1n) is 5.40. The van der Waals surface area contributed by atoms with Gasteiger partial charge in [-0.15, -0.1) is 0 Å². The molecular weight excluding hydrogens is 176 g/mol. The van der Waals surface area contributed by atoms with E-state index in [0.717, 1.165) is 6.42 Å². The molecular formula is C11H24N2O. The number of carbonyl (C=O) groups is 1. The van der Waals surface area contributed by atoms with Gasteiger partial charge in [0.15, 0.2) is 0 Å². The summed E-state index contributed by atoms with van der Waals surface area (Å²) >= 11 is 0. The first-order chi connectivity index (χ1) is 6.34. The summed E-state index contributed by atoms with van der Waals surface area (Å²) in [6, 6.07) is 0.157. The molecule has 0 rings (SSSR count). The number of rotatable bonds is 5. The zero-order valence-electron chi connectivity index (χ0n) is 10.0. The third kappa shape index (κ3) is 5.22. The molecule has 0 saturated heterocycles. The average Bonchev–Trinajstić information content (AvgIpc) is 2.00. The summed E-state index contributed by atoms with van der Waals surface area (Å²) in [6.45, 7) is 10.1. The summed E-state index contributed by atoms with van der Waals surface area (Å²) in [5.74, 6) is 0.564. The van der Waals surface area contributed by atoms with Crippen molar-refractivity contribution < 1.29 is 4.79 Å². The molecule has 0 aromatic rings. The molecule has 0 fully saturated rings. The number of amides is 1. The van der Waals surface area contributed by atoms with Crippen LogP contribution in [0.3, 0.4) is 0 Å². The van der Waals surface area contributed by atoms with E-state index in [4.69, 9.17) is 5.73 Å². The Balaban J connectivity index is 3.93. The van der Waals surface area contributed by atoms with Gasteiger partial charge in [0.1, 0.15) is 0 Å². The van der Waals surface area contributed by atoms with Crippen LogP contribution in [0.1, 0.15) is 41.0 Å². The lowest BCUT2D eigenvalue weighted by molar-refractivity contribution is -0.125. The van der Waals surface area contributed by atoms with Crippen LogP contribution < -0.4 is 11.1 Å². The summed E-state index contributed by atoms with van der Waals surface area (Å²) < 4.78 is 0. The average molecular weight is 200 g/mol. The van der Waals surface area contributed by atoms with Gasteiger partial charge >= 0.3 is 0 Å². The van der Waals surface area contributed by atoms with Crippen molar-refractivity contribution in [3.05, 3.63) is 0 Å². The molecule has 0 aromatic carbocycles. The zero-order valence-corrected chi connectivity index (χ0v) is 10.0. The molecule has 0 aliphatic rings. The van der Waals surface area contributed by atoms with E-state index in [1.807, 2.05) is 20.8 Å². The van der Waals surface area contributed by atoms with Crippen molar-refractivity contribution in [1.82, 2.24) is 5.32 Å². The van der Waals surface area contributed by atoms with Crippen molar-refractivity contribution in [2.75, 3.05) is 0 Å². The molecule has 84 valence electrons. The van der Waals surface area contributed by atoms with E-state index in [1.165, 1.54) is 0 Å². The van der Waals surface area contributed by atoms with E-state index in [0.29, 0.717) is 5.92 Å². The van der Waals surface area contributed by atoms with E-state index in [-0.39, 0.29) is 23.9 Å². The molecule has 3 nitrogen and oxygen atoms in total. The molecule has 0 bridgehead atoms. The van der Waals surface area contributed by atoms with Crippen LogP contribution in [0.25, 0.3) is 0 Å². The van der Waals surface area contributed by atoms with Gasteiger partial charge in [0.2, 0.25) is 5.91 Å². The Bertz CT molecular complexity index is 178. The highest BCUT2D eigenvalue weighted by Crippen LogP contribution is 2.06. The van der Waals surface area contributed by atoms with Gasteiger partial charge in [-0.3, -0.25) is 4.79 Å². The van der Waals surface area contributed by atoms with E-state index in [9.17, 15) is 4.79 Å². The third-order valence-electron chi connectivity index (χ3n) is 2.42. The van der Waals surface area contributed by atoms with Crippen LogP contribution in [0.15, 0.2) is 0 Å². The first kappa shape index (κ1) is 13.4. The lowest BCUT2D eigenvalue weighted by Gasteiger charge is -2.20. The zero-order chi connectivity index (χ0) is 11.3. The Morgan fingerprint density at radius 2 is 1.71 bits per heavy atom. The van der Waals surface area contributed by atoms with E-state index in [2.05, 4.69) is 19.2 Å². The van der Waals surface area contributed by atoms with Gasteiger partial charge in [-0.05, 0) is 26.2 Å². The van der Waals surface area contributed by atoms with Gasteiger partial charge in [-0.2, -0.15) is 0 Å². The van der Waals surface area contributed by atoms with Crippen LogP contribution in [0, 0.1) is 11.8 Å². The van der Waals surface area contributed by atoms with Gasteiger partial charge in [0, 0.05) is 18.0 Å². The molecule has 0 radical (unpaired) electrons. The monoisotopic (exact) mass is 200 g/mol. The van der Waals surface area contributed by atoms with E-state index >= 15 is 0 Å². The van der Waals surface area contributed by atoms with E-state index < -0.39 is 0 Å². The van der Waals surface area contributed by atoms with Crippen LogP contribution in [0.4, 0.5) is 0 Å². The molecule has 0 spiro atoms. The van der Waals surface area contributed by atoms with Crippen LogP contribution in [0.5, 0.6) is 0 Å².